The highest BCUT2D eigenvalue weighted by atomic mass is 16.7. The molecule has 152 valence electrons. The van der Waals surface area contributed by atoms with E-state index in [-0.39, 0.29) is 0 Å². The summed E-state index contributed by atoms with van der Waals surface area (Å²) in [7, 11) is 0. The number of fused-ring (bicyclic) bond motifs is 1. The smallest absolute Gasteiger partial charge is 0.229 e. The van der Waals surface area contributed by atoms with Gasteiger partial charge in [0.15, 0.2) is 6.29 Å². The summed E-state index contributed by atoms with van der Waals surface area (Å²) in [5.74, 6) is 0.352. The Morgan fingerprint density at radius 2 is 1.72 bits per heavy atom. The molecule has 0 aliphatic carbocycles. The standard InChI is InChI=1S/C21H21NO7/c23-10-12-5-1-3-7-14(12)22-9-16(13-6-2-4-8-15(13)22)28-21-20(27)19(26)18(25)17(11-24)29-21/h1-10,17-21,24-27H,11H2/t17-,18+,19+,20-,21+/m1/s1. The van der Waals surface area contributed by atoms with Crippen molar-refractivity contribution in [1.29, 1.82) is 0 Å². The van der Waals surface area contributed by atoms with Crippen molar-refractivity contribution in [3.63, 3.8) is 0 Å². The number of carbonyl (C=O) groups is 1. The Balaban J connectivity index is 1.75. The molecule has 1 saturated heterocycles. The molecule has 0 radical (unpaired) electrons. The first kappa shape index (κ1) is 19.6. The number of aliphatic hydroxyl groups is 4. The number of aliphatic hydroxyl groups excluding tert-OH is 4. The third kappa shape index (κ3) is 3.41. The fourth-order valence-electron chi connectivity index (χ4n) is 3.54. The normalized spacial score (nSPS) is 27.1. The third-order valence-corrected chi connectivity index (χ3v) is 5.09. The molecular formula is C21H21NO7. The van der Waals surface area contributed by atoms with Crippen molar-refractivity contribution in [1.82, 2.24) is 4.57 Å². The van der Waals surface area contributed by atoms with Crippen LogP contribution in [0.15, 0.2) is 54.7 Å². The lowest BCUT2D eigenvalue weighted by molar-refractivity contribution is -0.277. The number of hydrogen-bond donors (Lipinski definition) is 4. The van der Waals surface area contributed by atoms with Crippen LogP contribution in [0.1, 0.15) is 10.4 Å². The summed E-state index contributed by atoms with van der Waals surface area (Å²) in [4.78, 5) is 11.5. The van der Waals surface area contributed by atoms with Gasteiger partial charge >= 0.3 is 0 Å². The third-order valence-electron chi connectivity index (χ3n) is 5.09. The second-order valence-electron chi connectivity index (χ2n) is 6.87. The lowest BCUT2D eigenvalue weighted by atomic mass is 9.99. The van der Waals surface area contributed by atoms with Crippen LogP contribution >= 0.6 is 0 Å². The van der Waals surface area contributed by atoms with E-state index in [1.165, 1.54) is 0 Å². The van der Waals surface area contributed by atoms with Gasteiger partial charge in [-0.15, -0.1) is 0 Å². The maximum absolute atomic E-state index is 11.5. The zero-order valence-corrected chi connectivity index (χ0v) is 15.3. The summed E-state index contributed by atoms with van der Waals surface area (Å²) in [6.07, 6.45) is -4.45. The topological polar surface area (TPSA) is 121 Å². The minimum Gasteiger partial charge on any atom is -0.460 e. The summed E-state index contributed by atoms with van der Waals surface area (Å²) < 4.78 is 13.1. The van der Waals surface area contributed by atoms with Gasteiger partial charge in [-0.1, -0.05) is 24.3 Å². The molecule has 4 rings (SSSR count). The Kier molecular flexibility index (Phi) is 5.35. The van der Waals surface area contributed by atoms with Crippen LogP contribution in [0.5, 0.6) is 5.75 Å². The minimum absolute atomic E-state index is 0.352. The molecule has 4 N–H and O–H groups in total. The summed E-state index contributed by atoms with van der Waals surface area (Å²) >= 11 is 0. The Morgan fingerprint density at radius 1 is 1.00 bits per heavy atom. The Bertz CT molecular complexity index is 1020. The van der Waals surface area contributed by atoms with Crippen LogP contribution in [-0.4, -0.2) is 68.6 Å². The van der Waals surface area contributed by atoms with Crippen LogP contribution in [0.4, 0.5) is 0 Å². The summed E-state index contributed by atoms with van der Waals surface area (Å²) in [6, 6.07) is 14.4. The molecule has 1 aromatic heterocycles. The number of rotatable bonds is 5. The van der Waals surface area contributed by atoms with Crippen molar-refractivity contribution in [2.75, 3.05) is 6.61 Å². The van der Waals surface area contributed by atoms with Gasteiger partial charge in [0.25, 0.3) is 0 Å². The molecule has 29 heavy (non-hydrogen) atoms. The molecular weight excluding hydrogens is 378 g/mol. The van der Waals surface area contributed by atoms with Crippen LogP contribution < -0.4 is 4.74 Å². The molecule has 5 atom stereocenters. The number of nitrogens with zero attached hydrogens (tertiary/aromatic N) is 1. The van der Waals surface area contributed by atoms with E-state index in [2.05, 4.69) is 0 Å². The van der Waals surface area contributed by atoms with E-state index in [4.69, 9.17) is 9.47 Å². The van der Waals surface area contributed by atoms with Gasteiger partial charge < -0.3 is 34.5 Å². The number of aromatic nitrogens is 1. The van der Waals surface area contributed by atoms with Crippen LogP contribution in [0.25, 0.3) is 16.6 Å². The van der Waals surface area contributed by atoms with Gasteiger partial charge in [-0.25, -0.2) is 0 Å². The predicted molar refractivity (Wildman–Crippen MR) is 103 cm³/mol. The lowest BCUT2D eigenvalue weighted by Gasteiger charge is -2.39. The maximum atomic E-state index is 11.5. The molecule has 8 nitrogen and oxygen atoms in total. The number of benzene rings is 2. The average molecular weight is 399 g/mol. The van der Waals surface area contributed by atoms with E-state index in [0.29, 0.717) is 22.4 Å². The number of para-hydroxylation sites is 2. The highest BCUT2D eigenvalue weighted by molar-refractivity contribution is 5.90. The van der Waals surface area contributed by atoms with Gasteiger partial charge in [0, 0.05) is 10.9 Å². The van der Waals surface area contributed by atoms with E-state index < -0.39 is 37.3 Å². The van der Waals surface area contributed by atoms with Crippen molar-refractivity contribution < 1.29 is 34.7 Å². The highest BCUT2D eigenvalue weighted by Gasteiger charge is 2.45. The second kappa shape index (κ2) is 7.94. The van der Waals surface area contributed by atoms with Gasteiger partial charge in [-0.05, 0) is 24.3 Å². The highest BCUT2D eigenvalue weighted by Crippen LogP contribution is 2.34. The van der Waals surface area contributed by atoms with E-state index >= 15 is 0 Å². The summed E-state index contributed by atoms with van der Waals surface area (Å²) in [6.45, 7) is -0.542. The number of hydrogen-bond acceptors (Lipinski definition) is 7. The maximum Gasteiger partial charge on any atom is 0.229 e. The molecule has 0 bridgehead atoms. The molecule has 3 aromatic rings. The first-order chi connectivity index (χ1) is 14.0. The number of ether oxygens (including phenoxy) is 2. The first-order valence-corrected chi connectivity index (χ1v) is 9.17. The van der Waals surface area contributed by atoms with Crippen molar-refractivity contribution in [2.45, 2.75) is 30.7 Å². The van der Waals surface area contributed by atoms with E-state index in [0.717, 1.165) is 11.8 Å². The Labute approximate surface area is 166 Å². The molecule has 0 unspecified atom stereocenters. The van der Waals surface area contributed by atoms with Crippen LogP contribution in [0.3, 0.4) is 0 Å². The number of aldehydes is 1. The summed E-state index contributed by atoms with van der Waals surface area (Å²) in [5.41, 5.74) is 1.91. The fraction of sp³-hybridized carbons (Fsp3) is 0.286. The second-order valence-corrected chi connectivity index (χ2v) is 6.87. The molecule has 0 saturated carbocycles. The zero-order chi connectivity index (χ0) is 20.5. The molecule has 0 spiro atoms. The van der Waals surface area contributed by atoms with Gasteiger partial charge in [0.1, 0.15) is 30.2 Å². The molecule has 2 heterocycles. The summed E-state index contributed by atoms with van der Waals surface area (Å²) in [5, 5.41) is 40.3. The molecule has 0 amide bonds. The number of carbonyl (C=O) groups excluding carboxylic acids is 1. The van der Waals surface area contributed by atoms with Gasteiger partial charge in [0.2, 0.25) is 6.29 Å². The average Bonchev–Trinajstić information content (AvgIpc) is 3.12. The minimum atomic E-state index is -1.53. The lowest BCUT2D eigenvalue weighted by Crippen LogP contribution is -2.60. The molecule has 1 fully saturated rings. The van der Waals surface area contributed by atoms with Crippen LogP contribution in [-0.2, 0) is 4.74 Å². The SMILES string of the molecule is O=Cc1ccccc1-n1cc(O[C@H]2O[C@H](CO)[C@H](O)[C@H](O)[C@H]2O)c2ccccc21. The largest absolute Gasteiger partial charge is 0.460 e. The first-order valence-electron chi connectivity index (χ1n) is 9.17. The quantitative estimate of drug-likeness (QED) is 0.464. The Morgan fingerprint density at radius 3 is 2.48 bits per heavy atom. The molecule has 1 aliphatic rings. The van der Waals surface area contributed by atoms with Crippen molar-refractivity contribution in [3.8, 4) is 11.4 Å². The van der Waals surface area contributed by atoms with Crippen LogP contribution in [0.2, 0.25) is 0 Å². The van der Waals surface area contributed by atoms with Crippen LogP contribution in [0, 0.1) is 0 Å². The van der Waals surface area contributed by atoms with Gasteiger partial charge in [-0.3, -0.25) is 4.79 Å². The van der Waals surface area contributed by atoms with E-state index in [1.54, 1.807) is 29.0 Å². The van der Waals surface area contributed by atoms with E-state index in [9.17, 15) is 25.2 Å². The van der Waals surface area contributed by atoms with Crippen molar-refractivity contribution in [2.24, 2.45) is 0 Å². The van der Waals surface area contributed by atoms with Gasteiger partial charge in [0.05, 0.1) is 24.0 Å². The van der Waals surface area contributed by atoms with E-state index in [1.807, 2.05) is 30.3 Å². The van der Waals surface area contributed by atoms with Crippen molar-refractivity contribution >= 4 is 17.2 Å². The predicted octanol–water partition coefficient (Wildman–Crippen LogP) is 0.622. The molecule has 1 aliphatic heterocycles. The van der Waals surface area contributed by atoms with Gasteiger partial charge in [-0.2, -0.15) is 0 Å². The Hall–Kier alpha value is -2.75. The van der Waals surface area contributed by atoms with Crippen molar-refractivity contribution in [3.05, 3.63) is 60.3 Å². The monoisotopic (exact) mass is 399 g/mol. The molecule has 2 aromatic carbocycles. The molecule has 8 heteroatoms. The zero-order valence-electron chi connectivity index (χ0n) is 15.3. The fourth-order valence-corrected chi connectivity index (χ4v) is 3.54.